The fourth-order valence-electron chi connectivity index (χ4n) is 1.59. The Morgan fingerprint density at radius 1 is 1.15 bits per heavy atom. The Hall–Kier alpha value is -1.71. The number of rotatable bonds is 6. The summed E-state index contributed by atoms with van der Waals surface area (Å²) in [7, 11) is 1.78. The number of hydrogen-bond acceptors (Lipinski definition) is 2. The number of para-hydroxylation sites is 1. The van der Waals surface area contributed by atoms with Crippen molar-refractivity contribution in [1.82, 2.24) is 10.6 Å². The zero-order chi connectivity index (χ0) is 15.0. The summed E-state index contributed by atoms with van der Waals surface area (Å²) in [5.41, 5.74) is 0. The highest BCUT2D eigenvalue weighted by molar-refractivity contribution is 5.79. The van der Waals surface area contributed by atoms with Gasteiger partial charge in [0.15, 0.2) is 5.96 Å². The summed E-state index contributed by atoms with van der Waals surface area (Å²) >= 11 is 0. The lowest BCUT2D eigenvalue weighted by atomic mass is 10.1. The van der Waals surface area contributed by atoms with Gasteiger partial charge < -0.3 is 15.4 Å². The molecule has 1 rings (SSSR count). The van der Waals surface area contributed by atoms with Gasteiger partial charge in [-0.15, -0.1) is 0 Å². The smallest absolute Gasteiger partial charge is 0.191 e. The maximum atomic E-state index is 5.82. The van der Waals surface area contributed by atoms with Gasteiger partial charge in [0, 0.05) is 13.1 Å². The molecule has 0 saturated heterocycles. The third-order valence-electron chi connectivity index (χ3n) is 3.23. The van der Waals surface area contributed by atoms with Crippen LogP contribution in [-0.2, 0) is 0 Å². The molecule has 1 aromatic carbocycles. The Morgan fingerprint density at radius 2 is 1.80 bits per heavy atom. The largest absolute Gasteiger partial charge is 0.489 e. The molecule has 0 saturated carbocycles. The molecule has 0 bridgehead atoms. The van der Waals surface area contributed by atoms with Crippen molar-refractivity contribution >= 4 is 5.96 Å². The summed E-state index contributed by atoms with van der Waals surface area (Å²) < 4.78 is 5.82. The number of ether oxygens (including phenoxy) is 1. The molecule has 2 atom stereocenters. The summed E-state index contributed by atoms with van der Waals surface area (Å²) in [4.78, 5) is 4.23. The molecule has 4 heteroatoms. The SMILES string of the molecule is CN=C(NCC(C)Oc1ccccc1)NC(C)C(C)C. The first-order valence-corrected chi connectivity index (χ1v) is 7.21. The van der Waals surface area contributed by atoms with E-state index in [2.05, 4.69) is 36.4 Å². The van der Waals surface area contributed by atoms with Crippen molar-refractivity contribution in [2.45, 2.75) is 39.8 Å². The summed E-state index contributed by atoms with van der Waals surface area (Å²) in [5.74, 6) is 2.27. The van der Waals surface area contributed by atoms with Gasteiger partial charge >= 0.3 is 0 Å². The molecule has 0 spiro atoms. The molecule has 0 radical (unpaired) electrons. The Labute approximate surface area is 122 Å². The second kappa shape index (κ2) is 8.46. The average Bonchev–Trinajstić information content (AvgIpc) is 2.44. The van der Waals surface area contributed by atoms with Crippen LogP contribution in [0.25, 0.3) is 0 Å². The summed E-state index contributed by atoms with van der Waals surface area (Å²) in [6.45, 7) is 9.28. The van der Waals surface area contributed by atoms with Gasteiger partial charge in [-0.05, 0) is 31.9 Å². The molecule has 0 aliphatic rings. The predicted molar refractivity (Wildman–Crippen MR) is 85.3 cm³/mol. The lowest BCUT2D eigenvalue weighted by molar-refractivity contribution is 0.223. The van der Waals surface area contributed by atoms with Crippen LogP contribution in [0.15, 0.2) is 35.3 Å². The first-order valence-electron chi connectivity index (χ1n) is 7.21. The van der Waals surface area contributed by atoms with Gasteiger partial charge in [0.2, 0.25) is 0 Å². The third kappa shape index (κ3) is 5.95. The van der Waals surface area contributed by atoms with Crippen LogP contribution in [0.2, 0.25) is 0 Å². The van der Waals surface area contributed by atoms with E-state index in [1.807, 2.05) is 37.3 Å². The van der Waals surface area contributed by atoms with Gasteiger partial charge in [0.25, 0.3) is 0 Å². The fraction of sp³-hybridized carbons (Fsp3) is 0.562. The Kier molecular flexibility index (Phi) is 6.91. The number of aliphatic imine (C=N–C) groups is 1. The zero-order valence-electron chi connectivity index (χ0n) is 13.2. The Morgan fingerprint density at radius 3 is 2.35 bits per heavy atom. The first kappa shape index (κ1) is 16.3. The molecule has 0 aliphatic heterocycles. The molecular weight excluding hydrogens is 250 g/mol. The van der Waals surface area contributed by atoms with Crippen LogP contribution < -0.4 is 15.4 Å². The molecule has 0 amide bonds. The van der Waals surface area contributed by atoms with E-state index in [-0.39, 0.29) is 6.10 Å². The second-order valence-electron chi connectivity index (χ2n) is 5.37. The van der Waals surface area contributed by atoms with E-state index in [9.17, 15) is 0 Å². The van der Waals surface area contributed by atoms with Gasteiger partial charge in [-0.1, -0.05) is 32.0 Å². The highest BCUT2D eigenvalue weighted by Gasteiger charge is 2.10. The molecule has 112 valence electrons. The Balaban J connectivity index is 2.37. The predicted octanol–water partition coefficient (Wildman–Crippen LogP) is 2.66. The third-order valence-corrected chi connectivity index (χ3v) is 3.23. The van der Waals surface area contributed by atoms with Gasteiger partial charge in [-0.25, -0.2) is 0 Å². The lowest BCUT2D eigenvalue weighted by Crippen LogP contribution is -2.46. The van der Waals surface area contributed by atoms with E-state index in [0.29, 0.717) is 18.5 Å². The molecular formula is C16H27N3O. The number of nitrogens with one attached hydrogen (secondary N) is 2. The van der Waals surface area contributed by atoms with Crippen LogP contribution in [0, 0.1) is 5.92 Å². The van der Waals surface area contributed by atoms with Crippen molar-refractivity contribution in [1.29, 1.82) is 0 Å². The fourth-order valence-corrected chi connectivity index (χ4v) is 1.59. The minimum Gasteiger partial charge on any atom is -0.489 e. The molecule has 0 fully saturated rings. The van der Waals surface area contributed by atoms with Crippen molar-refractivity contribution in [3.63, 3.8) is 0 Å². The molecule has 20 heavy (non-hydrogen) atoms. The maximum Gasteiger partial charge on any atom is 0.191 e. The van der Waals surface area contributed by atoms with Crippen molar-refractivity contribution in [3.8, 4) is 5.75 Å². The van der Waals surface area contributed by atoms with E-state index in [1.54, 1.807) is 7.05 Å². The number of hydrogen-bond donors (Lipinski definition) is 2. The van der Waals surface area contributed by atoms with Crippen molar-refractivity contribution in [3.05, 3.63) is 30.3 Å². The molecule has 1 aromatic rings. The van der Waals surface area contributed by atoms with Gasteiger partial charge in [-0.2, -0.15) is 0 Å². The molecule has 2 N–H and O–H groups in total. The van der Waals surface area contributed by atoms with E-state index >= 15 is 0 Å². The van der Waals surface area contributed by atoms with E-state index in [4.69, 9.17) is 4.74 Å². The molecule has 2 unspecified atom stereocenters. The first-order chi connectivity index (χ1) is 9.52. The van der Waals surface area contributed by atoms with Crippen LogP contribution >= 0.6 is 0 Å². The topological polar surface area (TPSA) is 45.7 Å². The van der Waals surface area contributed by atoms with E-state index in [0.717, 1.165) is 11.7 Å². The van der Waals surface area contributed by atoms with Crippen LogP contribution in [-0.4, -0.2) is 31.7 Å². The minimum atomic E-state index is 0.0744. The highest BCUT2D eigenvalue weighted by atomic mass is 16.5. The van der Waals surface area contributed by atoms with Crippen LogP contribution in [0.1, 0.15) is 27.7 Å². The zero-order valence-corrected chi connectivity index (χ0v) is 13.2. The lowest BCUT2D eigenvalue weighted by Gasteiger charge is -2.22. The average molecular weight is 277 g/mol. The van der Waals surface area contributed by atoms with Crippen LogP contribution in [0.4, 0.5) is 0 Å². The van der Waals surface area contributed by atoms with E-state index < -0.39 is 0 Å². The second-order valence-corrected chi connectivity index (χ2v) is 5.37. The quantitative estimate of drug-likeness (QED) is 0.621. The molecule has 0 aliphatic carbocycles. The van der Waals surface area contributed by atoms with Gasteiger partial charge in [0.05, 0.1) is 6.54 Å². The van der Waals surface area contributed by atoms with E-state index in [1.165, 1.54) is 0 Å². The van der Waals surface area contributed by atoms with Gasteiger partial charge in [0.1, 0.15) is 11.9 Å². The number of benzene rings is 1. The van der Waals surface area contributed by atoms with Crippen molar-refractivity contribution in [2.24, 2.45) is 10.9 Å². The maximum absolute atomic E-state index is 5.82. The molecule has 0 aromatic heterocycles. The monoisotopic (exact) mass is 277 g/mol. The molecule has 0 heterocycles. The summed E-state index contributed by atoms with van der Waals surface area (Å²) in [5, 5.41) is 6.66. The Bertz CT molecular complexity index is 403. The van der Waals surface area contributed by atoms with Crippen molar-refractivity contribution < 1.29 is 4.74 Å². The van der Waals surface area contributed by atoms with Crippen LogP contribution in [0.3, 0.4) is 0 Å². The minimum absolute atomic E-state index is 0.0744. The summed E-state index contributed by atoms with van der Waals surface area (Å²) in [6, 6.07) is 10.2. The van der Waals surface area contributed by atoms with Crippen molar-refractivity contribution in [2.75, 3.05) is 13.6 Å². The summed E-state index contributed by atoms with van der Waals surface area (Å²) in [6.07, 6.45) is 0.0744. The van der Waals surface area contributed by atoms with Gasteiger partial charge in [-0.3, -0.25) is 4.99 Å². The standard InChI is InChI=1S/C16H27N3O/c1-12(2)14(4)19-16(17-5)18-11-13(3)20-15-9-7-6-8-10-15/h6-10,12-14H,11H2,1-5H3,(H2,17,18,19). The highest BCUT2D eigenvalue weighted by Crippen LogP contribution is 2.10. The number of guanidine groups is 1. The number of nitrogens with zero attached hydrogens (tertiary/aromatic N) is 1. The van der Waals surface area contributed by atoms with Crippen LogP contribution in [0.5, 0.6) is 5.75 Å². The normalized spacial score (nSPS) is 14.8. The molecule has 4 nitrogen and oxygen atoms in total.